The highest BCUT2D eigenvalue weighted by Gasteiger charge is 2.28. The van der Waals surface area contributed by atoms with Gasteiger partial charge >= 0.3 is 20.1 Å². The molecule has 3 N–H and O–H groups in total. The number of rotatable bonds is 8. The van der Waals surface area contributed by atoms with Crippen molar-refractivity contribution in [1.29, 1.82) is 0 Å². The van der Waals surface area contributed by atoms with Gasteiger partial charge in [-0.05, 0) is 56.9 Å². The van der Waals surface area contributed by atoms with Crippen molar-refractivity contribution in [3.05, 3.63) is 0 Å². The summed E-state index contributed by atoms with van der Waals surface area (Å²) in [6.45, 7) is 4.56. The molecule has 0 bridgehead atoms. The summed E-state index contributed by atoms with van der Waals surface area (Å²) in [4.78, 5) is 32.1. The fourth-order valence-electron chi connectivity index (χ4n) is 3.05. The highest BCUT2D eigenvalue weighted by atomic mass is 31.1. The van der Waals surface area contributed by atoms with Crippen LogP contribution >= 0.6 is 8.03 Å². The first-order valence-corrected chi connectivity index (χ1v) is 10.4. The predicted molar refractivity (Wildman–Crippen MR) is 95.4 cm³/mol. The summed E-state index contributed by atoms with van der Waals surface area (Å²) in [5.74, 6) is 0.154. The molecule has 8 nitrogen and oxygen atoms in total. The van der Waals surface area contributed by atoms with Crippen molar-refractivity contribution in [2.75, 3.05) is 13.0 Å². The summed E-state index contributed by atoms with van der Waals surface area (Å²) in [7, 11) is -2.10. The zero-order valence-electron chi connectivity index (χ0n) is 15.8. The third kappa shape index (κ3) is 9.46. The maximum Gasteiger partial charge on any atom is 0.505 e. The minimum atomic E-state index is -2.10. The second-order valence-electron chi connectivity index (χ2n) is 7.90. The van der Waals surface area contributed by atoms with Gasteiger partial charge in [0.2, 0.25) is 6.79 Å². The molecule has 1 aliphatic rings. The first kappa shape index (κ1) is 22.8. The van der Waals surface area contributed by atoms with Crippen LogP contribution in [0.5, 0.6) is 0 Å². The van der Waals surface area contributed by atoms with Crippen LogP contribution in [0.3, 0.4) is 0 Å². The van der Waals surface area contributed by atoms with E-state index in [-0.39, 0.29) is 5.92 Å². The van der Waals surface area contributed by atoms with Gasteiger partial charge in [0, 0.05) is 5.92 Å². The smallest absolute Gasteiger partial charge is 0.427 e. The normalized spacial score (nSPS) is 22.3. The van der Waals surface area contributed by atoms with Crippen molar-refractivity contribution in [3.63, 3.8) is 0 Å². The topological polar surface area (TPSA) is 122 Å². The van der Waals surface area contributed by atoms with E-state index in [4.69, 9.17) is 14.4 Å². The molecular weight excluding hydrogens is 361 g/mol. The molecule has 0 aromatic rings. The Morgan fingerprint density at radius 1 is 1.23 bits per heavy atom. The molecule has 0 spiro atoms. The number of alkyl carbamates (subject to hydrolysis) is 1. The van der Waals surface area contributed by atoms with E-state index >= 15 is 0 Å². The largest absolute Gasteiger partial charge is 0.505 e. The number of aliphatic hydroxyl groups excluding tert-OH is 1. The number of esters is 1. The van der Waals surface area contributed by atoms with Crippen LogP contribution in [0.15, 0.2) is 0 Å². The van der Waals surface area contributed by atoms with Gasteiger partial charge in [-0.2, -0.15) is 4.89 Å². The number of nitrogens with one attached hydrogen (secondary N) is 1. The molecule has 1 fully saturated rings. The Morgan fingerprint density at radius 2 is 1.88 bits per heavy atom. The molecule has 0 aliphatic heterocycles. The second-order valence-corrected chi connectivity index (χ2v) is 8.97. The van der Waals surface area contributed by atoms with Gasteiger partial charge in [0.05, 0.1) is 5.41 Å². The van der Waals surface area contributed by atoms with E-state index in [9.17, 15) is 19.3 Å². The zero-order chi connectivity index (χ0) is 19.7. The van der Waals surface area contributed by atoms with Gasteiger partial charge in [-0.25, -0.2) is 4.79 Å². The molecular formula is C17H31NO7P+. The molecule has 1 saturated carbocycles. The standard InChI is InChI=1S/C17H30NO7P/c1-17(2,3)15(20)24-11-25-16(21)18-14(19)8-7-12-5-4-6-13(9-12)10-26(22)23/h12-14,19H,4-11H2,1-3H3,(H-,18,21,22,23)/p+1. The molecule has 1 aliphatic carbocycles. The fraction of sp³-hybridized carbons (Fsp3) is 0.882. The predicted octanol–water partition coefficient (Wildman–Crippen LogP) is 2.90. The first-order valence-electron chi connectivity index (χ1n) is 9.00. The van der Waals surface area contributed by atoms with E-state index < -0.39 is 38.5 Å². The number of aliphatic hydroxyl groups is 1. The van der Waals surface area contributed by atoms with Crippen LogP contribution in [0, 0.1) is 17.3 Å². The summed E-state index contributed by atoms with van der Waals surface area (Å²) in [6, 6.07) is 0. The van der Waals surface area contributed by atoms with Crippen molar-refractivity contribution in [2.24, 2.45) is 17.3 Å². The molecule has 9 heteroatoms. The fourth-order valence-corrected chi connectivity index (χ4v) is 3.82. The highest BCUT2D eigenvalue weighted by molar-refractivity contribution is 7.38. The molecule has 0 aromatic carbocycles. The van der Waals surface area contributed by atoms with Gasteiger partial charge in [0.15, 0.2) is 6.16 Å². The van der Waals surface area contributed by atoms with Gasteiger partial charge in [0.1, 0.15) is 6.23 Å². The van der Waals surface area contributed by atoms with Crippen LogP contribution in [0.1, 0.15) is 59.3 Å². The van der Waals surface area contributed by atoms with Gasteiger partial charge in [-0.15, -0.1) is 0 Å². The second kappa shape index (κ2) is 10.8. The van der Waals surface area contributed by atoms with E-state index in [1.54, 1.807) is 20.8 Å². The average Bonchev–Trinajstić information content (AvgIpc) is 2.51. The Morgan fingerprint density at radius 3 is 2.50 bits per heavy atom. The van der Waals surface area contributed by atoms with Crippen LogP contribution < -0.4 is 5.32 Å². The van der Waals surface area contributed by atoms with Crippen molar-refractivity contribution >= 4 is 20.1 Å². The van der Waals surface area contributed by atoms with E-state index in [0.29, 0.717) is 18.5 Å². The lowest BCUT2D eigenvalue weighted by Crippen LogP contribution is -2.36. The molecule has 0 radical (unpaired) electrons. The third-order valence-electron chi connectivity index (χ3n) is 4.43. The van der Waals surface area contributed by atoms with E-state index in [1.807, 2.05) is 0 Å². The monoisotopic (exact) mass is 392 g/mol. The van der Waals surface area contributed by atoms with E-state index in [1.165, 1.54) is 0 Å². The SMILES string of the molecule is CC(C)(C)C(=O)OCOC(=O)NC(O)CCC1CCCC(C[P+](=O)O)C1. The first-order chi connectivity index (χ1) is 12.1. The molecule has 1 rings (SSSR count). The Kier molecular flexibility index (Phi) is 9.47. The maximum atomic E-state index is 11.6. The van der Waals surface area contributed by atoms with Gasteiger partial charge in [-0.3, -0.25) is 10.1 Å². The summed E-state index contributed by atoms with van der Waals surface area (Å²) < 4.78 is 20.5. The summed E-state index contributed by atoms with van der Waals surface area (Å²) >= 11 is 0. The summed E-state index contributed by atoms with van der Waals surface area (Å²) in [5.41, 5.74) is -0.680. The number of carbonyl (C=O) groups is 2. The molecule has 150 valence electrons. The Balaban J connectivity index is 2.21. The number of amides is 1. The Labute approximate surface area is 155 Å². The molecule has 1 amide bonds. The summed E-state index contributed by atoms with van der Waals surface area (Å²) in [5, 5.41) is 12.2. The van der Waals surface area contributed by atoms with Gasteiger partial charge < -0.3 is 14.6 Å². The molecule has 0 aromatic heterocycles. The molecule has 0 heterocycles. The minimum Gasteiger partial charge on any atom is -0.427 e. The van der Waals surface area contributed by atoms with Gasteiger partial charge in [0.25, 0.3) is 0 Å². The van der Waals surface area contributed by atoms with Crippen LogP contribution in [0.4, 0.5) is 4.79 Å². The Bertz CT molecular complexity index is 492. The lowest BCUT2D eigenvalue weighted by molar-refractivity contribution is -0.161. The maximum absolute atomic E-state index is 11.6. The van der Waals surface area contributed by atoms with Crippen molar-refractivity contribution in [2.45, 2.75) is 65.5 Å². The molecule has 26 heavy (non-hydrogen) atoms. The minimum absolute atomic E-state index is 0.259. The van der Waals surface area contributed by atoms with Crippen LogP contribution in [-0.2, 0) is 18.8 Å². The lowest BCUT2D eigenvalue weighted by Gasteiger charge is -2.27. The van der Waals surface area contributed by atoms with E-state index in [2.05, 4.69) is 5.32 Å². The number of carbonyl (C=O) groups excluding carboxylic acids is 2. The van der Waals surface area contributed by atoms with E-state index in [0.717, 1.165) is 32.1 Å². The average molecular weight is 392 g/mol. The third-order valence-corrected chi connectivity index (χ3v) is 5.26. The number of hydrogen-bond acceptors (Lipinski definition) is 6. The zero-order valence-corrected chi connectivity index (χ0v) is 16.7. The van der Waals surface area contributed by atoms with Crippen LogP contribution in [0.25, 0.3) is 0 Å². The van der Waals surface area contributed by atoms with Crippen molar-refractivity contribution in [1.82, 2.24) is 5.32 Å². The lowest BCUT2D eigenvalue weighted by atomic mass is 9.80. The molecule has 4 unspecified atom stereocenters. The highest BCUT2D eigenvalue weighted by Crippen LogP contribution is 2.35. The molecule has 0 saturated heterocycles. The molecule has 4 atom stereocenters. The summed E-state index contributed by atoms with van der Waals surface area (Å²) in [6.07, 6.45) is 3.43. The van der Waals surface area contributed by atoms with Crippen LogP contribution in [0.2, 0.25) is 0 Å². The quantitative estimate of drug-likeness (QED) is 0.330. The van der Waals surface area contributed by atoms with Crippen molar-refractivity contribution < 1.29 is 33.6 Å². The van der Waals surface area contributed by atoms with Crippen LogP contribution in [-0.4, -0.2) is 41.2 Å². The Hall–Kier alpha value is -1.24. The van der Waals surface area contributed by atoms with Gasteiger partial charge in [-0.1, -0.05) is 12.8 Å². The number of ether oxygens (including phenoxy) is 2. The van der Waals surface area contributed by atoms with Crippen molar-refractivity contribution in [3.8, 4) is 0 Å². The number of hydrogen-bond donors (Lipinski definition) is 3.